The van der Waals surface area contributed by atoms with Gasteiger partial charge < -0.3 is 15.4 Å². The molecule has 0 bridgehead atoms. The predicted octanol–water partition coefficient (Wildman–Crippen LogP) is 3.25. The van der Waals surface area contributed by atoms with Gasteiger partial charge in [-0.3, -0.25) is 4.79 Å². The average Bonchev–Trinajstić information content (AvgIpc) is 2.95. The van der Waals surface area contributed by atoms with E-state index < -0.39 is 5.60 Å². The fourth-order valence-electron chi connectivity index (χ4n) is 3.00. The summed E-state index contributed by atoms with van der Waals surface area (Å²) in [6.45, 7) is 0.285. The summed E-state index contributed by atoms with van der Waals surface area (Å²) in [6, 6.07) is 5.40. The van der Waals surface area contributed by atoms with Gasteiger partial charge in [0.05, 0.1) is 16.2 Å². The first kappa shape index (κ1) is 14.4. The molecule has 5 heteroatoms. The van der Waals surface area contributed by atoms with Crippen molar-refractivity contribution in [3.63, 3.8) is 0 Å². The number of aliphatic hydroxyl groups is 1. The largest absolute Gasteiger partial charge is 0.388 e. The first-order chi connectivity index (χ1) is 10.1. The van der Waals surface area contributed by atoms with Crippen molar-refractivity contribution in [3.05, 3.63) is 35.0 Å². The Kier molecular flexibility index (Phi) is 3.91. The number of carbonyl (C=O) groups excluding carboxylic acids is 1. The molecular formula is C16H19ClN2O2. The summed E-state index contributed by atoms with van der Waals surface area (Å²) in [4.78, 5) is 15.4. The van der Waals surface area contributed by atoms with E-state index in [2.05, 4.69) is 10.3 Å². The zero-order chi connectivity index (χ0) is 14.9. The molecule has 1 heterocycles. The molecule has 0 spiro atoms. The van der Waals surface area contributed by atoms with Gasteiger partial charge in [0.25, 0.3) is 5.91 Å². The van der Waals surface area contributed by atoms with Gasteiger partial charge in [0, 0.05) is 23.6 Å². The molecule has 1 fully saturated rings. The fraction of sp³-hybridized carbons (Fsp3) is 0.438. The maximum absolute atomic E-state index is 12.3. The topological polar surface area (TPSA) is 65.1 Å². The van der Waals surface area contributed by atoms with Crippen LogP contribution in [0.4, 0.5) is 0 Å². The molecule has 1 aromatic heterocycles. The Hall–Kier alpha value is -1.52. The number of aromatic amines is 1. The van der Waals surface area contributed by atoms with Crippen LogP contribution in [0.25, 0.3) is 10.9 Å². The van der Waals surface area contributed by atoms with Gasteiger partial charge in [-0.05, 0) is 31.0 Å². The van der Waals surface area contributed by atoms with Crippen LogP contribution in [0.1, 0.15) is 42.5 Å². The van der Waals surface area contributed by atoms with Crippen molar-refractivity contribution in [1.29, 1.82) is 0 Å². The third-order valence-electron chi connectivity index (χ3n) is 4.28. The normalized spacial score (nSPS) is 17.8. The Morgan fingerprint density at radius 1 is 1.29 bits per heavy atom. The molecule has 2 aromatic rings. The third-order valence-corrected chi connectivity index (χ3v) is 4.68. The van der Waals surface area contributed by atoms with Crippen LogP contribution in [0.2, 0.25) is 5.02 Å². The molecule has 3 N–H and O–H groups in total. The highest BCUT2D eigenvalue weighted by atomic mass is 35.5. The van der Waals surface area contributed by atoms with Gasteiger partial charge in [-0.25, -0.2) is 0 Å². The second-order valence-corrected chi connectivity index (χ2v) is 6.21. The minimum absolute atomic E-state index is 0.234. The van der Waals surface area contributed by atoms with Gasteiger partial charge in [0.15, 0.2) is 0 Å². The summed E-state index contributed by atoms with van der Waals surface area (Å²) in [5, 5.41) is 14.5. The minimum Gasteiger partial charge on any atom is -0.388 e. The van der Waals surface area contributed by atoms with Gasteiger partial charge in [0.2, 0.25) is 0 Å². The Balaban J connectivity index is 1.73. The van der Waals surface area contributed by atoms with Gasteiger partial charge in [-0.15, -0.1) is 0 Å². The highest BCUT2D eigenvalue weighted by molar-refractivity contribution is 6.38. The smallest absolute Gasteiger partial charge is 0.252 e. The van der Waals surface area contributed by atoms with Crippen molar-refractivity contribution in [2.75, 3.05) is 6.54 Å². The zero-order valence-corrected chi connectivity index (χ0v) is 12.5. The maximum atomic E-state index is 12.3. The first-order valence-electron chi connectivity index (χ1n) is 7.35. The molecule has 4 nitrogen and oxygen atoms in total. The van der Waals surface area contributed by atoms with E-state index in [4.69, 9.17) is 11.6 Å². The van der Waals surface area contributed by atoms with Gasteiger partial charge in [-0.1, -0.05) is 30.9 Å². The fourth-order valence-corrected chi connectivity index (χ4v) is 3.31. The molecular weight excluding hydrogens is 288 g/mol. The minimum atomic E-state index is -0.765. The van der Waals surface area contributed by atoms with Crippen molar-refractivity contribution in [2.45, 2.75) is 37.7 Å². The highest BCUT2D eigenvalue weighted by Crippen LogP contribution is 2.29. The van der Waals surface area contributed by atoms with E-state index in [1.54, 1.807) is 12.3 Å². The van der Waals surface area contributed by atoms with Crippen molar-refractivity contribution in [3.8, 4) is 0 Å². The van der Waals surface area contributed by atoms with Crippen LogP contribution < -0.4 is 5.32 Å². The average molecular weight is 307 g/mol. The predicted molar refractivity (Wildman–Crippen MR) is 83.7 cm³/mol. The molecule has 1 aromatic carbocycles. The van der Waals surface area contributed by atoms with Gasteiger partial charge in [-0.2, -0.15) is 0 Å². The molecule has 1 aliphatic rings. The third kappa shape index (κ3) is 2.92. The lowest BCUT2D eigenvalue weighted by Gasteiger charge is -2.32. The van der Waals surface area contributed by atoms with Crippen molar-refractivity contribution in [1.82, 2.24) is 10.3 Å². The molecule has 0 atom stereocenters. The number of nitrogens with one attached hydrogen (secondary N) is 2. The lowest BCUT2D eigenvalue weighted by atomic mass is 9.85. The molecule has 1 saturated carbocycles. The second-order valence-electron chi connectivity index (χ2n) is 5.83. The number of amides is 1. The Morgan fingerprint density at radius 3 is 2.81 bits per heavy atom. The number of aromatic nitrogens is 1. The number of H-pyrrole nitrogens is 1. The lowest BCUT2D eigenvalue weighted by molar-refractivity contribution is 0.00526. The summed E-state index contributed by atoms with van der Waals surface area (Å²) in [6.07, 6.45) is 6.48. The van der Waals surface area contributed by atoms with Crippen LogP contribution in [0.15, 0.2) is 24.4 Å². The standard InChI is InChI=1S/C16H19ClN2O2/c17-14-11-6-9-18-13(11)5-4-12(14)15(20)19-10-16(21)7-2-1-3-8-16/h4-6,9,18,21H,1-3,7-8,10H2,(H,19,20). The molecule has 21 heavy (non-hydrogen) atoms. The molecule has 1 aliphatic carbocycles. The molecule has 1 amide bonds. The van der Waals surface area contributed by atoms with E-state index in [9.17, 15) is 9.90 Å². The van der Waals surface area contributed by atoms with Crippen molar-refractivity contribution >= 4 is 28.4 Å². The Labute approximate surface area is 128 Å². The number of hydrogen-bond acceptors (Lipinski definition) is 2. The number of halogens is 1. The number of rotatable bonds is 3. The van der Waals surface area contributed by atoms with Crippen LogP contribution in [0.5, 0.6) is 0 Å². The molecule has 112 valence electrons. The van der Waals surface area contributed by atoms with E-state index in [-0.39, 0.29) is 12.5 Å². The van der Waals surface area contributed by atoms with Crippen LogP contribution in [0, 0.1) is 0 Å². The SMILES string of the molecule is O=C(NCC1(O)CCCCC1)c1ccc2[nH]ccc2c1Cl. The van der Waals surface area contributed by atoms with Gasteiger partial charge in [0.1, 0.15) is 0 Å². The van der Waals surface area contributed by atoms with Crippen LogP contribution >= 0.6 is 11.6 Å². The summed E-state index contributed by atoms with van der Waals surface area (Å²) in [7, 11) is 0. The maximum Gasteiger partial charge on any atom is 0.252 e. The molecule has 3 rings (SSSR count). The number of carbonyl (C=O) groups is 1. The first-order valence-corrected chi connectivity index (χ1v) is 7.73. The number of hydrogen-bond donors (Lipinski definition) is 3. The Morgan fingerprint density at radius 2 is 2.05 bits per heavy atom. The molecule has 0 aliphatic heterocycles. The summed E-state index contributed by atoms with van der Waals surface area (Å²) in [5.41, 5.74) is 0.587. The van der Waals surface area contributed by atoms with Gasteiger partial charge >= 0.3 is 0 Å². The highest BCUT2D eigenvalue weighted by Gasteiger charge is 2.29. The Bertz CT molecular complexity index is 659. The monoisotopic (exact) mass is 306 g/mol. The van der Waals surface area contributed by atoms with Crippen LogP contribution in [-0.4, -0.2) is 28.1 Å². The summed E-state index contributed by atoms with van der Waals surface area (Å²) < 4.78 is 0. The molecule has 0 unspecified atom stereocenters. The quantitative estimate of drug-likeness (QED) is 0.815. The van der Waals surface area contributed by atoms with E-state index in [0.717, 1.165) is 43.0 Å². The second kappa shape index (κ2) is 5.70. The summed E-state index contributed by atoms with van der Waals surface area (Å²) >= 11 is 6.29. The molecule has 0 radical (unpaired) electrons. The van der Waals surface area contributed by atoms with Crippen LogP contribution in [-0.2, 0) is 0 Å². The number of fused-ring (bicyclic) bond motifs is 1. The van der Waals surface area contributed by atoms with E-state index >= 15 is 0 Å². The van der Waals surface area contributed by atoms with Crippen molar-refractivity contribution in [2.24, 2.45) is 0 Å². The summed E-state index contributed by atoms with van der Waals surface area (Å²) in [5.74, 6) is -0.234. The van der Waals surface area contributed by atoms with E-state index in [0.29, 0.717) is 10.6 Å². The van der Waals surface area contributed by atoms with Crippen molar-refractivity contribution < 1.29 is 9.90 Å². The van der Waals surface area contributed by atoms with Crippen LogP contribution in [0.3, 0.4) is 0 Å². The number of benzene rings is 1. The van der Waals surface area contributed by atoms with E-state index in [1.807, 2.05) is 12.1 Å². The van der Waals surface area contributed by atoms with E-state index in [1.165, 1.54) is 0 Å². The zero-order valence-electron chi connectivity index (χ0n) is 11.8. The molecule has 0 saturated heterocycles. The lowest BCUT2D eigenvalue weighted by Crippen LogP contribution is -2.44.